The van der Waals surface area contributed by atoms with E-state index in [-0.39, 0.29) is 5.91 Å². The largest absolute Gasteiger partial charge is 0.353 e. The molecule has 4 nitrogen and oxygen atoms in total. The number of amides is 1. The first-order chi connectivity index (χ1) is 7.97. The summed E-state index contributed by atoms with van der Waals surface area (Å²) in [6.45, 7) is 8.30. The van der Waals surface area contributed by atoms with Crippen LogP contribution in [0, 0.1) is 16.7 Å². The van der Waals surface area contributed by atoms with Crippen LogP contribution in [0.5, 0.6) is 0 Å². The summed E-state index contributed by atoms with van der Waals surface area (Å²) in [6.07, 6.45) is 3.82. The molecule has 17 heavy (non-hydrogen) atoms. The van der Waals surface area contributed by atoms with Crippen molar-refractivity contribution in [1.29, 1.82) is 5.26 Å². The van der Waals surface area contributed by atoms with Crippen molar-refractivity contribution >= 4 is 5.91 Å². The Bertz CT molecular complexity index is 300. The maximum atomic E-state index is 11.7. The Morgan fingerprint density at radius 1 is 1.41 bits per heavy atom. The van der Waals surface area contributed by atoms with Crippen LogP contribution in [-0.4, -0.2) is 36.5 Å². The molecule has 0 bridgehead atoms. The fourth-order valence-electron chi connectivity index (χ4n) is 2.00. The molecule has 0 aromatic carbocycles. The van der Waals surface area contributed by atoms with Gasteiger partial charge in [0, 0.05) is 12.6 Å². The first-order valence-electron chi connectivity index (χ1n) is 6.41. The number of hydrogen-bond acceptors (Lipinski definition) is 3. The van der Waals surface area contributed by atoms with Gasteiger partial charge in [0.2, 0.25) is 5.91 Å². The zero-order valence-electron chi connectivity index (χ0n) is 11.1. The molecule has 0 aromatic rings. The Balaban J connectivity index is 2.35. The van der Waals surface area contributed by atoms with Crippen molar-refractivity contribution in [3.05, 3.63) is 0 Å². The highest BCUT2D eigenvalue weighted by Crippen LogP contribution is 2.14. The van der Waals surface area contributed by atoms with E-state index < -0.39 is 5.41 Å². The molecule has 4 heteroatoms. The highest BCUT2D eigenvalue weighted by atomic mass is 16.2. The Kier molecular flexibility index (Phi) is 4.95. The molecule has 1 heterocycles. The molecule has 1 saturated heterocycles. The molecule has 1 rings (SSSR count). The minimum Gasteiger partial charge on any atom is -0.353 e. The number of nitrogens with one attached hydrogen (secondary N) is 1. The Morgan fingerprint density at radius 3 is 2.53 bits per heavy atom. The van der Waals surface area contributed by atoms with Crippen LogP contribution >= 0.6 is 0 Å². The van der Waals surface area contributed by atoms with E-state index in [9.17, 15) is 4.79 Å². The van der Waals surface area contributed by atoms with Crippen LogP contribution < -0.4 is 5.32 Å². The summed E-state index contributed by atoms with van der Waals surface area (Å²) in [4.78, 5) is 14.1. The van der Waals surface area contributed by atoms with Gasteiger partial charge < -0.3 is 5.32 Å². The average Bonchev–Trinajstić information content (AvgIpc) is 2.36. The lowest BCUT2D eigenvalue weighted by molar-refractivity contribution is -0.127. The Labute approximate surface area is 104 Å². The van der Waals surface area contributed by atoms with Crippen molar-refractivity contribution in [3.63, 3.8) is 0 Å². The predicted octanol–water partition coefficient (Wildman–Crippen LogP) is 1.53. The van der Waals surface area contributed by atoms with E-state index in [1.165, 1.54) is 19.3 Å². The molecular formula is C13H23N3O. The highest BCUT2D eigenvalue weighted by Gasteiger charge is 2.27. The summed E-state index contributed by atoms with van der Waals surface area (Å²) >= 11 is 0. The van der Waals surface area contributed by atoms with Crippen molar-refractivity contribution in [1.82, 2.24) is 10.2 Å². The maximum absolute atomic E-state index is 11.7. The molecule has 1 amide bonds. The van der Waals surface area contributed by atoms with Gasteiger partial charge in [-0.05, 0) is 46.7 Å². The zero-order valence-corrected chi connectivity index (χ0v) is 11.1. The van der Waals surface area contributed by atoms with Crippen LogP contribution in [0.25, 0.3) is 0 Å². The van der Waals surface area contributed by atoms with Crippen LogP contribution in [0.2, 0.25) is 0 Å². The number of piperidine rings is 1. The zero-order chi connectivity index (χ0) is 12.9. The fourth-order valence-corrected chi connectivity index (χ4v) is 2.00. The second-order valence-corrected chi connectivity index (χ2v) is 5.39. The van der Waals surface area contributed by atoms with Gasteiger partial charge in [0.05, 0.1) is 6.07 Å². The monoisotopic (exact) mass is 237 g/mol. The van der Waals surface area contributed by atoms with E-state index in [4.69, 9.17) is 5.26 Å². The first-order valence-corrected chi connectivity index (χ1v) is 6.41. The molecule has 0 saturated carbocycles. The molecule has 1 aliphatic rings. The van der Waals surface area contributed by atoms with E-state index in [1.54, 1.807) is 13.8 Å². The summed E-state index contributed by atoms with van der Waals surface area (Å²) in [5, 5.41) is 11.7. The molecule has 96 valence electrons. The van der Waals surface area contributed by atoms with Gasteiger partial charge in [0.25, 0.3) is 0 Å². The third-order valence-electron chi connectivity index (χ3n) is 3.42. The molecule has 1 aliphatic heterocycles. The van der Waals surface area contributed by atoms with E-state index >= 15 is 0 Å². The van der Waals surface area contributed by atoms with Crippen LogP contribution in [0.4, 0.5) is 0 Å². The SMILES string of the molecule is CC(CNC(=O)C(C)(C)C#N)N1CCCCC1. The second-order valence-electron chi connectivity index (χ2n) is 5.39. The minimum absolute atomic E-state index is 0.177. The number of carbonyl (C=O) groups is 1. The van der Waals surface area contributed by atoms with Crippen molar-refractivity contribution in [2.75, 3.05) is 19.6 Å². The van der Waals surface area contributed by atoms with Crippen molar-refractivity contribution < 1.29 is 4.79 Å². The van der Waals surface area contributed by atoms with Gasteiger partial charge in [-0.1, -0.05) is 6.42 Å². The maximum Gasteiger partial charge on any atom is 0.239 e. The third-order valence-corrected chi connectivity index (χ3v) is 3.42. The molecule has 0 radical (unpaired) electrons. The lowest BCUT2D eigenvalue weighted by atomic mass is 9.94. The van der Waals surface area contributed by atoms with E-state index in [0.717, 1.165) is 13.1 Å². The lowest BCUT2D eigenvalue weighted by Gasteiger charge is -2.32. The molecule has 1 unspecified atom stereocenters. The molecule has 0 aliphatic carbocycles. The quantitative estimate of drug-likeness (QED) is 0.806. The molecular weight excluding hydrogens is 214 g/mol. The summed E-state index contributed by atoms with van der Waals surface area (Å²) in [5.74, 6) is -0.177. The molecule has 1 N–H and O–H groups in total. The van der Waals surface area contributed by atoms with Gasteiger partial charge in [-0.25, -0.2) is 0 Å². The predicted molar refractivity (Wildman–Crippen MR) is 67.3 cm³/mol. The highest BCUT2D eigenvalue weighted by molar-refractivity contribution is 5.84. The second kappa shape index (κ2) is 6.02. The minimum atomic E-state index is -0.929. The normalized spacial score (nSPS) is 19.4. The third kappa shape index (κ3) is 4.01. The molecule has 1 fully saturated rings. The van der Waals surface area contributed by atoms with Gasteiger partial charge in [0.15, 0.2) is 0 Å². The van der Waals surface area contributed by atoms with Crippen LogP contribution in [-0.2, 0) is 4.79 Å². The summed E-state index contributed by atoms with van der Waals surface area (Å²) < 4.78 is 0. The first kappa shape index (κ1) is 14.0. The van der Waals surface area contributed by atoms with E-state index in [0.29, 0.717) is 12.6 Å². The summed E-state index contributed by atoms with van der Waals surface area (Å²) in [5.41, 5.74) is -0.929. The van der Waals surface area contributed by atoms with Gasteiger partial charge in [-0.15, -0.1) is 0 Å². The number of hydrogen-bond donors (Lipinski definition) is 1. The van der Waals surface area contributed by atoms with Crippen molar-refractivity contribution in [2.45, 2.75) is 46.1 Å². The average molecular weight is 237 g/mol. The molecule has 1 atom stereocenters. The van der Waals surface area contributed by atoms with Crippen molar-refractivity contribution in [3.8, 4) is 6.07 Å². The number of rotatable bonds is 4. The van der Waals surface area contributed by atoms with Gasteiger partial charge in [-0.3, -0.25) is 9.69 Å². The number of likely N-dealkylation sites (tertiary alicyclic amines) is 1. The Morgan fingerprint density at radius 2 is 2.00 bits per heavy atom. The standard InChI is InChI=1S/C13H23N3O/c1-11(16-7-5-4-6-8-16)9-15-12(17)13(2,3)10-14/h11H,4-9H2,1-3H3,(H,15,17). The summed E-state index contributed by atoms with van der Waals surface area (Å²) in [7, 11) is 0. The fraction of sp³-hybridized carbons (Fsp3) is 0.846. The van der Waals surface area contributed by atoms with Crippen LogP contribution in [0.1, 0.15) is 40.0 Å². The van der Waals surface area contributed by atoms with Crippen molar-refractivity contribution in [2.24, 2.45) is 5.41 Å². The van der Waals surface area contributed by atoms with Gasteiger partial charge in [-0.2, -0.15) is 5.26 Å². The van der Waals surface area contributed by atoms with E-state index in [1.807, 2.05) is 6.07 Å². The van der Waals surface area contributed by atoms with Gasteiger partial charge >= 0.3 is 0 Å². The number of carbonyl (C=O) groups excluding carboxylic acids is 1. The summed E-state index contributed by atoms with van der Waals surface area (Å²) in [6, 6.07) is 2.37. The Hall–Kier alpha value is -1.08. The molecule has 0 aromatic heterocycles. The molecule has 0 spiro atoms. The van der Waals surface area contributed by atoms with Crippen LogP contribution in [0.15, 0.2) is 0 Å². The number of nitriles is 1. The van der Waals surface area contributed by atoms with Crippen LogP contribution in [0.3, 0.4) is 0 Å². The van der Waals surface area contributed by atoms with E-state index in [2.05, 4.69) is 17.1 Å². The topological polar surface area (TPSA) is 56.1 Å². The van der Waals surface area contributed by atoms with Gasteiger partial charge in [0.1, 0.15) is 5.41 Å². The lowest BCUT2D eigenvalue weighted by Crippen LogP contribution is -2.46. The number of nitrogens with zero attached hydrogens (tertiary/aromatic N) is 2. The smallest absolute Gasteiger partial charge is 0.239 e.